The molecule has 1 heterocycles. The zero-order chi connectivity index (χ0) is 20.3. The number of carbonyl (C=O) groups excluding carboxylic acids is 1. The van der Waals surface area contributed by atoms with Gasteiger partial charge in [-0.1, -0.05) is 12.1 Å². The Morgan fingerprint density at radius 1 is 1.04 bits per heavy atom. The molecule has 0 spiro atoms. The number of methoxy groups -OCH3 is 2. The molecule has 1 aliphatic rings. The lowest BCUT2D eigenvalue weighted by Crippen LogP contribution is -2.35. The Hall–Kier alpha value is -3.33. The highest BCUT2D eigenvalue weighted by Crippen LogP contribution is 2.26. The molecular weight excluding hydrogens is 382 g/mol. The maximum absolute atomic E-state index is 12.7. The molecule has 0 unspecified atom stereocenters. The van der Waals surface area contributed by atoms with Gasteiger partial charge in [-0.2, -0.15) is 8.42 Å². The Morgan fingerprint density at radius 3 is 2.36 bits per heavy atom. The zero-order valence-electron chi connectivity index (χ0n) is 15.5. The summed E-state index contributed by atoms with van der Waals surface area (Å²) in [7, 11) is 0.227. The number of allylic oxidation sites excluding steroid dienone is 1. The van der Waals surface area contributed by atoms with Gasteiger partial charge in [0.1, 0.15) is 17.2 Å². The normalized spacial score (nSPS) is 15.3. The number of likely N-dealkylation sites (N-methyl/N-ethyl adjacent to an activating group) is 1. The second-order valence-electron chi connectivity index (χ2n) is 5.83. The van der Waals surface area contributed by atoms with Crippen molar-refractivity contribution in [3.63, 3.8) is 0 Å². The molecule has 146 valence electrons. The number of rotatable bonds is 5. The topological polar surface area (TPSA) is 97.3 Å². The lowest BCUT2D eigenvalue weighted by atomic mass is 10.1. The Balaban J connectivity index is 1.97. The molecule has 9 heteroatoms. The average molecular weight is 401 g/mol. The van der Waals surface area contributed by atoms with E-state index in [-0.39, 0.29) is 11.4 Å². The Bertz CT molecular complexity index is 1060. The largest absolute Gasteiger partial charge is 0.497 e. The van der Waals surface area contributed by atoms with Crippen molar-refractivity contribution in [1.82, 2.24) is 4.31 Å². The highest BCUT2D eigenvalue weighted by Gasteiger charge is 2.30. The van der Waals surface area contributed by atoms with Crippen LogP contribution >= 0.6 is 0 Å². The van der Waals surface area contributed by atoms with E-state index in [9.17, 15) is 13.2 Å². The molecule has 0 aromatic heterocycles. The van der Waals surface area contributed by atoms with E-state index in [1.54, 1.807) is 55.6 Å². The van der Waals surface area contributed by atoms with Crippen LogP contribution in [0, 0.1) is 0 Å². The predicted octanol–water partition coefficient (Wildman–Crippen LogP) is 2.21. The molecule has 8 nitrogen and oxygen atoms in total. The van der Waals surface area contributed by atoms with Gasteiger partial charge in [-0.3, -0.25) is 4.79 Å². The highest BCUT2D eigenvalue weighted by molar-refractivity contribution is 7.88. The Kier molecular flexibility index (Phi) is 5.36. The van der Waals surface area contributed by atoms with Crippen LogP contribution in [0.1, 0.15) is 5.56 Å². The van der Waals surface area contributed by atoms with Gasteiger partial charge in [-0.05, 0) is 42.5 Å². The monoisotopic (exact) mass is 401 g/mol. The zero-order valence-corrected chi connectivity index (χ0v) is 16.4. The molecule has 0 radical (unpaired) electrons. The minimum absolute atomic E-state index is 0.0632. The van der Waals surface area contributed by atoms with Crippen LogP contribution in [0.5, 0.6) is 11.5 Å². The number of amides is 1. The molecule has 1 aliphatic heterocycles. The Labute approximate surface area is 163 Å². The fourth-order valence-corrected chi connectivity index (χ4v) is 3.52. The van der Waals surface area contributed by atoms with E-state index < -0.39 is 16.1 Å². The van der Waals surface area contributed by atoms with Gasteiger partial charge in [0.25, 0.3) is 5.91 Å². The van der Waals surface area contributed by atoms with Crippen LogP contribution in [0.4, 0.5) is 5.69 Å². The van der Waals surface area contributed by atoms with Crippen molar-refractivity contribution >= 4 is 27.5 Å². The van der Waals surface area contributed by atoms with Crippen molar-refractivity contribution in [2.24, 2.45) is 4.40 Å². The van der Waals surface area contributed by atoms with Gasteiger partial charge in [-0.15, -0.1) is 4.40 Å². The van der Waals surface area contributed by atoms with Crippen LogP contribution < -0.4 is 14.8 Å². The number of benzene rings is 2. The van der Waals surface area contributed by atoms with E-state index in [0.717, 1.165) is 4.31 Å². The quantitative estimate of drug-likeness (QED) is 0.828. The van der Waals surface area contributed by atoms with E-state index >= 15 is 0 Å². The van der Waals surface area contributed by atoms with Crippen LogP contribution in [0.25, 0.3) is 0 Å². The van der Waals surface area contributed by atoms with Gasteiger partial charge in [0.15, 0.2) is 0 Å². The van der Waals surface area contributed by atoms with Crippen LogP contribution in [0.15, 0.2) is 64.7 Å². The summed E-state index contributed by atoms with van der Waals surface area (Å²) in [4.78, 5) is 12.7. The predicted molar refractivity (Wildman–Crippen MR) is 106 cm³/mol. The number of hydrogen-bond acceptors (Lipinski definition) is 5. The smallest absolute Gasteiger partial charge is 0.345 e. The SMILES string of the molecule is COc1ccc(NC(=O)C2=CC(c3ccccc3OC)=NS(=O)(=O)N2C)cc1. The lowest BCUT2D eigenvalue weighted by molar-refractivity contribution is -0.113. The van der Waals surface area contributed by atoms with E-state index in [4.69, 9.17) is 9.47 Å². The molecule has 1 N–H and O–H groups in total. The third-order valence-electron chi connectivity index (χ3n) is 4.14. The maximum atomic E-state index is 12.7. The van der Waals surface area contributed by atoms with E-state index in [0.29, 0.717) is 22.7 Å². The first-order valence-electron chi connectivity index (χ1n) is 8.25. The molecular formula is C19H19N3O5S. The minimum atomic E-state index is -4.06. The third kappa shape index (κ3) is 3.84. The van der Waals surface area contributed by atoms with Gasteiger partial charge in [0, 0.05) is 18.3 Å². The van der Waals surface area contributed by atoms with Gasteiger partial charge in [0.05, 0.1) is 19.9 Å². The van der Waals surface area contributed by atoms with Crippen molar-refractivity contribution < 1.29 is 22.7 Å². The molecule has 0 aliphatic carbocycles. The minimum Gasteiger partial charge on any atom is -0.497 e. The van der Waals surface area contributed by atoms with E-state index in [2.05, 4.69) is 9.71 Å². The summed E-state index contributed by atoms with van der Waals surface area (Å²) in [6.45, 7) is 0. The molecule has 0 atom stereocenters. The summed E-state index contributed by atoms with van der Waals surface area (Å²) in [5.74, 6) is 0.505. The first-order valence-corrected chi connectivity index (χ1v) is 9.64. The number of nitrogens with zero attached hydrogens (tertiary/aromatic N) is 2. The number of hydrogen-bond donors (Lipinski definition) is 1. The maximum Gasteiger partial charge on any atom is 0.345 e. The summed E-state index contributed by atoms with van der Waals surface area (Å²) in [5.41, 5.74) is 1.03. The van der Waals surface area contributed by atoms with Gasteiger partial charge in [-0.25, -0.2) is 4.31 Å². The van der Waals surface area contributed by atoms with Crippen LogP contribution in [0.2, 0.25) is 0 Å². The van der Waals surface area contributed by atoms with Gasteiger partial charge < -0.3 is 14.8 Å². The second-order valence-corrected chi connectivity index (χ2v) is 7.46. The molecule has 3 rings (SSSR count). The molecule has 28 heavy (non-hydrogen) atoms. The average Bonchev–Trinajstić information content (AvgIpc) is 2.70. The lowest BCUT2D eigenvalue weighted by Gasteiger charge is -2.24. The summed E-state index contributed by atoms with van der Waals surface area (Å²) in [6.07, 6.45) is 1.41. The summed E-state index contributed by atoms with van der Waals surface area (Å²) in [5, 5.41) is 2.68. The van der Waals surface area contributed by atoms with Crippen molar-refractivity contribution in [2.75, 3.05) is 26.6 Å². The first-order chi connectivity index (χ1) is 13.4. The Morgan fingerprint density at radius 2 is 1.71 bits per heavy atom. The number of para-hydroxylation sites is 1. The highest BCUT2D eigenvalue weighted by atomic mass is 32.2. The summed E-state index contributed by atoms with van der Waals surface area (Å²) < 4.78 is 39.9. The molecule has 1 amide bonds. The third-order valence-corrected chi connectivity index (χ3v) is 5.45. The van der Waals surface area contributed by atoms with Crippen LogP contribution in [0.3, 0.4) is 0 Å². The summed E-state index contributed by atoms with van der Waals surface area (Å²) >= 11 is 0. The van der Waals surface area contributed by atoms with Crippen molar-refractivity contribution in [1.29, 1.82) is 0 Å². The number of anilines is 1. The number of ether oxygens (including phenoxy) is 2. The van der Waals surface area contributed by atoms with Crippen LogP contribution in [-0.2, 0) is 15.0 Å². The molecule has 2 aromatic carbocycles. The fourth-order valence-electron chi connectivity index (χ4n) is 2.62. The van der Waals surface area contributed by atoms with E-state index in [1.807, 2.05) is 0 Å². The fraction of sp³-hybridized carbons (Fsp3) is 0.158. The van der Waals surface area contributed by atoms with Crippen molar-refractivity contribution in [2.45, 2.75) is 0 Å². The van der Waals surface area contributed by atoms with Gasteiger partial charge in [0.2, 0.25) is 0 Å². The molecule has 2 aromatic rings. The number of carbonyl (C=O) groups is 1. The van der Waals surface area contributed by atoms with E-state index in [1.165, 1.54) is 20.2 Å². The molecule has 0 saturated heterocycles. The number of nitrogens with one attached hydrogen (secondary N) is 1. The second kappa shape index (κ2) is 7.73. The summed E-state index contributed by atoms with van der Waals surface area (Å²) in [6, 6.07) is 13.5. The molecule has 0 fully saturated rings. The molecule has 0 saturated carbocycles. The van der Waals surface area contributed by atoms with Gasteiger partial charge >= 0.3 is 10.2 Å². The standard InChI is InChI=1S/C19H19N3O5S/c1-22-17(19(23)20-13-8-10-14(26-2)11-9-13)12-16(21-28(22,24)25)15-6-4-5-7-18(15)27-3/h4-12H,1-3H3,(H,20,23). The first kappa shape index (κ1) is 19.4. The molecule has 0 bridgehead atoms. The van der Waals surface area contributed by atoms with Crippen LogP contribution in [-0.4, -0.2) is 45.6 Å². The van der Waals surface area contributed by atoms with Crippen molar-refractivity contribution in [3.05, 3.63) is 65.9 Å². The van der Waals surface area contributed by atoms with Crippen molar-refractivity contribution in [3.8, 4) is 11.5 Å².